The van der Waals surface area contributed by atoms with E-state index in [1.54, 1.807) is 0 Å². The number of nitrogens with zero attached hydrogens (tertiary/aromatic N) is 1. The van der Waals surface area contributed by atoms with Gasteiger partial charge in [0.25, 0.3) is 0 Å². The first-order valence-corrected chi connectivity index (χ1v) is 10.2. The fraction of sp³-hybridized carbons (Fsp3) is 0.368. The van der Waals surface area contributed by atoms with Gasteiger partial charge in [0.05, 0.1) is 37.7 Å². The summed E-state index contributed by atoms with van der Waals surface area (Å²) < 4.78 is 45.2. The number of piperazine rings is 1. The van der Waals surface area contributed by atoms with Gasteiger partial charge in [0.1, 0.15) is 18.1 Å². The molecule has 1 fully saturated rings. The molecule has 1 heterocycles. The zero-order chi connectivity index (χ0) is 18.6. The summed E-state index contributed by atoms with van der Waals surface area (Å²) in [6, 6.07) is 13.1. The number of sulfonamides is 1. The molecular weight excluding hydrogens is 355 g/mol. The first kappa shape index (κ1) is 18.8. The highest BCUT2D eigenvalue weighted by molar-refractivity contribution is 7.89. The number of halogens is 1. The predicted molar refractivity (Wildman–Crippen MR) is 97.2 cm³/mol. The third kappa shape index (κ3) is 4.41. The second-order valence-electron chi connectivity index (χ2n) is 6.36. The minimum Gasteiger partial charge on any atom is -0.494 e. The Kier molecular flexibility index (Phi) is 5.90. The van der Waals surface area contributed by atoms with Gasteiger partial charge in [-0.1, -0.05) is 0 Å². The fourth-order valence-corrected chi connectivity index (χ4v) is 4.58. The zero-order valence-electron chi connectivity index (χ0n) is 14.8. The smallest absolute Gasteiger partial charge is 0.243 e. The van der Waals surface area contributed by atoms with Gasteiger partial charge < -0.3 is 9.64 Å². The van der Waals surface area contributed by atoms with Gasteiger partial charge in [-0.15, -0.1) is 0 Å². The van der Waals surface area contributed by atoms with Gasteiger partial charge in [-0.2, -0.15) is 4.31 Å². The standard InChI is InChI=1S/C19H23FN2O3S/c1-2-25-18-7-3-16(4-8-18)15-21-11-13-22(14-12-21)26(23,24)19-9-5-17(20)6-10-19/h3-10H,2,11-15H2,1H3/p+1. The van der Waals surface area contributed by atoms with Gasteiger partial charge in [-0.3, -0.25) is 0 Å². The summed E-state index contributed by atoms with van der Waals surface area (Å²) in [6.45, 7) is 5.88. The minimum atomic E-state index is -3.55. The van der Waals surface area contributed by atoms with Crippen LogP contribution in [0.1, 0.15) is 12.5 Å². The molecule has 1 saturated heterocycles. The summed E-state index contributed by atoms with van der Waals surface area (Å²) in [7, 11) is -3.55. The molecule has 5 nitrogen and oxygen atoms in total. The number of hydrogen-bond donors (Lipinski definition) is 1. The number of rotatable bonds is 6. The number of hydrogen-bond acceptors (Lipinski definition) is 3. The van der Waals surface area contributed by atoms with Crippen LogP contribution in [0.3, 0.4) is 0 Å². The molecule has 7 heteroatoms. The molecular formula is C19H24FN2O3S+. The van der Waals surface area contributed by atoms with Crippen molar-refractivity contribution in [3.8, 4) is 5.75 Å². The second-order valence-corrected chi connectivity index (χ2v) is 8.30. The molecule has 0 bridgehead atoms. The largest absolute Gasteiger partial charge is 0.494 e. The molecule has 0 atom stereocenters. The monoisotopic (exact) mass is 379 g/mol. The molecule has 0 radical (unpaired) electrons. The van der Waals surface area contributed by atoms with Crippen LogP contribution in [0, 0.1) is 5.82 Å². The van der Waals surface area contributed by atoms with Crippen LogP contribution in [0.25, 0.3) is 0 Å². The summed E-state index contributed by atoms with van der Waals surface area (Å²) in [4.78, 5) is 1.49. The number of nitrogens with one attached hydrogen (secondary N) is 1. The van der Waals surface area contributed by atoms with Crippen molar-refractivity contribution in [1.29, 1.82) is 0 Å². The normalized spacial score (nSPS) is 16.5. The summed E-state index contributed by atoms with van der Waals surface area (Å²) in [6.07, 6.45) is 0. The van der Waals surface area contributed by atoms with Gasteiger partial charge >= 0.3 is 0 Å². The molecule has 2 aromatic rings. The molecule has 3 rings (SSSR count). The van der Waals surface area contributed by atoms with Crippen LogP contribution in [0.15, 0.2) is 53.4 Å². The Morgan fingerprint density at radius 3 is 2.23 bits per heavy atom. The van der Waals surface area contributed by atoms with E-state index in [0.717, 1.165) is 25.4 Å². The zero-order valence-corrected chi connectivity index (χ0v) is 15.6. The van der Waals surface area contributed by atoms with Gasteiger partial charge in [-0.25, -0.2) is 12.8 Å². The van der Waals surface area contributed by atoms with Crippen molar-refractivity contribution < 1.29 is 22.4 Å². The highest BCUT2D eigenvalue weighted by Crippen LogP contribution is 2.16. The summed E-state index contributed by atoms with van der Waals surface area (Å²) >= 11 is 0. The molecule has 0 amide bonds. The van der Waals surface area contributed by atoms with Crippen molar-refractivity contribution in [1.82, 2.24) is 4.31 Å². The predicted octanol–water partition coefficient (Wildman–Crippen LogP) is 1.31. The van der Waals surface area contributed by atoms with Crippen molar-refractivity contribution in [2.75, 3.05) is 32.8 Å². The Morgan fingerprint density at radius 1 is 1.04 bits per heavy atom. The molecule has 0 aromatic heterocycles. The molecule has 1 N–H and O–H groups in total. The van der Waals surface area contributed by atoms with E-state index in [1.807, 2.05) is 19.1 Å². The van der Waals surface area contributed by atoms with Crippen molar-refractivity contribution in [3.05, 3.63) is 59.9 Å². The molecule has 0 spiro atoms. The Labute approximate surface area is 154 Å². The van der Waals surface area contributed by atoms with E-state index in [-0.39, 0.29) is 4.90 Å². The van der Waals surface area contributed by atoms with E-state index >= 15 is 0 Å². The lowest BCUT2D eigenvalue weighted by molar-refractivity contribution is -0.917. The topological polar surface area (TPSA) is 51.1 Å². The van der Waals surface area contributed by atoms with Crippen molar-refractivity contribution >= 4 is 10.0 Å². The fourth-order valence-electron chi connectivity index (χ4n) is 3.13. The molecule has 1 aliphatic rings. The maximum Gasteiger partial charge on any atom is 0.243 e. The Balaban J connectivity index is 1.57. The van der Waals surface area contributed by atoms with Crippen molar-refractivity contribution in [2.24, 2.45) is 0 Å². The van der Waals surface area contributed by atoms with Gasteiger partial charge in [0, 0.05) is 5.56 Å². The number of benzene rings is 2. The van der Waals surface area contributed by atoms with E-state index in [9.17, 15) is 12.8 Å². The molecule has 26 heavy (non-hydrogen) atoms. The first-order chi connectivity index (χ1) is 12.5. The molecule has 0 aliphatic carbocycles. The Bertz CT molecular complexity index is 815. The van der Waals surface area contributed by atoms with Crippen LogP contribution in [-0.4, -0.2) is 45.5 Å². The Morgan fingerprint density at radius 2 is 1.65 bits per heavy atom. The quantitative estimate of drug-likeness (QED) is 0.824. The number of quaternary nitrogens is 1. The molecule has 0 unspecified atom stereocenters. The highest BCUT2D eigenvalue weighted by Gasteiger charge is 2.30. The van der Waals surface area contributed by atoms with E-state index in [4.69, 9.17) is 4.74 Å². The lowest BCUT2D eigenvalue weighted by Crippen LogP contribution is -3.13. The number of ether oxygens (including phenoxy) is 1. The van der Waals surface area contributed by atoms with Crippen LogP contribution in [0.4, 0.5) is 4.39 Å². The van der Waals surface area contributed by atoms with E-state index in [1.165, 1.54) is 39.0 Å². The molecule has 1 aliphatic heterocycles. The van der Waals surface area contributed by atoms with E-state index < -0.39 is 15.8 Å². The van der Waals surface area contributed by atoms with Gasteiger partial charge in [-0.05, 0) is 55.5 Å². The first-order valence-electron chi connectivity index (χ1n) is 8.80. The van der Waals surface area contributed by atoms with E-state index in [2.05, 4.69) is 12.1 Å². The molecule has 0 saturated carbocycles. The third-order valence-corrected chi connectivity index (χ3v) is 6.48. The lowest BCUT2D eigenvalue weighted by atomic mass is 10.2. The van der Waals surface area contributed by atoms with Gasteiger partial charge in [0.15, 0.2) is 0 Å². The summed E-state index contributed by atoms with van der Waals surface area (Å²) in [5.41, 5.74) is 1.21. The highest BCUT2D eigenvalue weighted by atomic mass is 32.2. The summed E-state index contributed by atoms with van der Waals surface area (Å²) in [5.74, 6) is 0.426. The van der Waals surface area contributed by atoms with E-state index in [0.29, 0.717) is 19.7 Å². The van der Waals surface area contributed by atoms with Crippen LogP contribution >= 0.6 is 0 Å². The maximum absolute atomic E-state index is 13.0. The second kappa shape index (κ2) is 8.16. The van der Waals surface area contributed by atoms with Crippen LogP contribution < -0.4 is 9.64 Å². The van der Waals surface area contributed by atoms with Crippen molar-refractivity contribution in [2.45, 2.75) is 18.4 Å². The Hall–Kier alpha value is -1.96. The molecule has 140 valence electrons. The third-order valence-electron chi connectivity index (χ3n) is 4.57. The minimum absolute atomic E-state index is 0.147. The maximum atomic E-state index is 13.0. The SMILES string of the molecule is CCOc1ccc(C[NH+]2CCN(S(=O)(=O)c3ccc(F)cc3)CC2)cc1. The average molecular weight is 379 g/mol. The summed E-state index contributed by atoms with van der Waals surface area (Å²) in [5, 5.41) is 0. The van der Waals surface area contributed by atoms with Gasteiger partial charge in [0.2, 0.25) is 10.0 Å². The van der Waals surface area contributed by atoms with Crippen molar-refractivity contribution in [3.63, 3.8) is 0 Å². The van der Waals surface area contributed by atoms with Crippen LogP contribution in [-0.2, 0) is 16.6 Å². The average Bonchev–Trinajstić information content (AvgIpc) is 2.64. The van der Waals surface area contributed by atoms with Crippen LogP contribution in [0.5, 0.6) is 5.75 Å². The molecule has 2 aromatic carbocycles. The van der Waals surface area contributed by atoms with Crippen LogP contribution in [0.2, 0.25) is 0 Å². The lowest BCUT2D eigenvalue weighted by Gasteiger charge is -2.31.